The van der Waals surface area contributed by atoms with E-state index in [1.54, 1.807) is 12.1 Å². The van der Waals surface area contributed by atoms with E-state index in [9.17, 15) is 14.8 Å². The standard InChI is InChI=1S/C24H24N2O3/c1-24(2)13-17-20(18(27)14-24)19(15-9-5-3-6-10-15)21(23(28)25-17)22(26-29)16-11-7-4-8-12-16/h3-12,19,21,29H,13-14H2,1-2H3,(H,25,28)/b26-22-. The molecule has 5 nitrogen and oxygen atoms in total. The van der Waals surface area contributed by atoms with Gasteiger partial charge < -0.3 is 10.5 Å². The van der Waals surface area contributed by atoms with Gasteiger partial charge in [0.05, 0.1) is 5.92 Å². The molecule has 0 spiro atoms. The minimum atomic E-state index is -0.797. The van der Waals surface area contributed by atoms with Crippen LogP contribution in [0.2, 0.25) is 0 Å². The highest BCUT2D eigenvalue weighted by Gasteiger charge is 2.47. The summed E-state index contributed by atoms with van der Waals surface area (Å²) in [5, 5.41) is 16.4. The average molecular weight is 388 g/mol. The first-order chi connectivity index (χ1) is 13.9. The minimum absolute atomic E-state index is 0.0421. The number of ketones is 1. The predicted molar refractivity (Wildman–Crippen MR) is 111 cm³/mol. The van der Waals surface area contributed by atoms with Gasteiger partial charge in [0, 0.05) is 29.2 Å². The number of benzene rings is 2. The molecule has 0 saturated carbocycles. The van der Waals surface area contributed by atoms with Crippen molar-refractivity contribution in [2.75, 3.05) is 0 Å². The van der Waals surface area contributed by atoms with Gasteiger partial charge >= 0.3 is 0 Å². The van der Waals surface area contributed by atoms with Crippen molar-refractivity contribution >= 4 is 17.4 Å². The molecule has 1 heterocycles. The summed E-state index contributed by atoms with van der Waals surface area (Å²) in [4.78, 5) is 26.5. The van der Waals surface area contributed by atoms with E-state index in [0.717, 1.165) is 5.56 Å². The molecule has 1 aliphatic carbocycles. The van der Waals surface area contributed by atoms with Gasteiger partial charge in [0.1, 0.15) is 5.71 Å². The number of rotatable bonds is 3. The number of carbonyl (C=O) groups is 2. The molecule has 2 atom stereocenters. The number of nitrogens with zero attached hydrogens (tertiary/aromatic N) is 1. The summed E-state index contributed by atoms with van der Waals surface area (Å²) in [6.07, 6.45) is 1.06. The Morgan fingerprint density at radius 3 is 2.24 bits per heavy atom. The highest BCUT2D eigenvalue weighted by atomic mass is 16.4. The summed E-state index contributed by atoms with van der Waals surface area (Å²) in [5.74, 6) is -1.50. The van der Waals surface area contributed by atoms with Gasteiger partial charge in [-0.05, 0) is 17.4 Å². The lowest BCUT2D eigenvalue weighted by atomic mass is 9.65. The van der Waals surface area contributed by atoms with Crippen LogP contribution in [0.5, 0.6) is 0 Å². The fourth-order valence-corrected chi connectivity index (χ4v) is 4.56. The Labute approximate surface area is 170 Å². The number of amides is 1. The van der Waals surface area contributed by atoms with Crippen LogP contribution in [0.3, 0.4) is 0 Å². The van der Waals surface area contributed by atoms with Crippen LogP contribution in [0, 0.1) is 11.3 Å². The maximum Gasteiger partial charge on any atom is 0.234 e. The van der Waals surface area contributed by atoms with Crippen molar-refractivity contribution in [2.45, 2.75) is 32.6 Å². The van der Waals surface area contributed by atoms with Crippen LogP contribution in [0.15, 0.2) is 77.1 Å². The maximum atomic E-state index is 13.3. The first-order valence-electron chi connectivity index (χ1n) is 9.81. The minimum Gasteiger partial charge on any atom is -0.411 e. The smallest absolute Gasteiger partial charge is 0.234 e. The van der Waals surface area contributed by atoms with Crippen LogP contribution >= 0.6 is 0 Å². The van der Waals surface area contributed by atoms with E-state index >= 15 is 0 Å². The van der Waals surface area contributed by atoms with E-state index in [1.165, 1.54) is 0 Å². The Morgan fingerprint density at radius 1 is 1.00 bits per heavy atom. The molecule has 148 valence electrons. The number of Topliss-reactive ketones (excluding diaryl/α,β-unsaturated/α-hetero) is 1. The number of nitrogens with one attached hydrogen (secondary N) is 1. The third-order valence-corrected chi connectivity index (χ3v) is 5.75. The molecule has 0 saturated heterocycles. The molecule has 4 rings (SSSR count). The molecule has 2 unspecified atom stereocenters. The third-order valence-electron chi connectivity index (χ3n) is 5.75. The van der Waals surface area contributed by atoms with E-state index in [0.29, 0.717) is 29.7 Å². The molecule has 0 fully saturated rings. The summed E-state index contributed by atoms with van der Waals surface area (Å²) in [6, 6.07) is 18.7. The SMILES string of the molecule is CC1(C)CC(=O)C2=C(C1)NC(=O)C(/C(=N\O)c1ccccc1)C2c1ccccc1. The fraction of sp³-hybridized carbons (Fsp3) is 0.292. The molecule has 0 aromatic heterocycles. The van der Waals surface area contributed by atoms with Gasteiger partial charge in [0.25, 0.3) is 0 Å². The normalized spacial score (nSPS) is 24.1. The molecule has 0 radical (unpaired) electrons. The quantitative estimate of drug-likeness (QED) is 0.473. The third kappa shape index (κ3) is 3.48. The first-order valence-corrected chi connectivity index (χ1v) is 9.81. The number of hydrogen-bond donors (Lipinski definition) is 2. The van der Waals surface area contributed by atoms with Crippen LogP contribution in [0.25, 0.3) is 0 Å². The second kappa shape index (κ2) is 7.32. The lowest BCUT2D eigenvalue weighted by Gasteiger charge is -2.41. The van der Waals surface area contributed by atoms with Crippen LogP contribution in [0.1, 0.15) is 43.7 Å². The largest absolute Gasteiger partial charge is 0.411 e. The zero-order valence-corrected chi connectivity index (χ0v) is 16.6. The van der Waals surface area contributed by atoms with Crippen molar-refractivity contribution < 1.29 is 14.8 Å². The van der Waals surface area contributed by atoms with Gasteiger partial charge in [0.2, 0.25) is 5.91 Å². The molecule has 1 aliphatic heterocycles. The van der Waals surface area contributed by atoms with Crippen LogP contribution < -0.4 is 5.32 Å². The Morgan fingerprint density at radius 2 is 1.62 bits per heavy atom. The molecule has 2 aromatic carbocycles. The van der Waals surface area contributed by atoms with Crippen molar-refractivity contribution in [1.29, 1.82) is 0 Å². The van der Waals surface area contributed by atoms with Gasteiger partial charge in [-0.3, -0.25) is 9.59 Å². The van der Waals surface area contributed by atoms with Crippen molar-refractivity contribution in [2.24, 2.45) is 16.5 Å². The van der Waals surface area contributed by atoms with Crippen LogP contribution in [-0.2, 0) is 9.59 Å². The summed E-state index contributed by atoms with van der Waals surface area (Å²) in [7, 11) is 0. The Hall–Kier alpha value is -3.21. The zero-order valence-electron chi connectivity index (χ0n) is 16.6. The Bertz CT molecular complexity index is 1010. The van der Waals surface area contributed by atoms with Gasteiger partial charge in [-0.1, -0.05) is 79.7 Å². The van der Waals surface area contributed by atoms with Crippen molar-refractivity contribution in [3.63, 3.8) is 0 Å². The van der Waals surface area contributed by atoms with E-state index in [4.69, 9.17) is 0 Å². The second-order valence-corrected chi connectivity index (χ2v) is 8.54. The van der Waals surface area contributed by atoms with Crippen molar-refractivity contribution in [3.8, 4) is 0 Å². The molecule has 2 aliphatic rings. The highest BCUT2D eigenvalue weighted by molar-refractivity contribution is 6.16. The monoisotopic (exact) mass is 388 g/mol. The fourth-order valence-electron chi connectivity index (χ4n) is 4.56. The number of oxime groups is 1. The van der Waals surface area contributed by atoms with Crippen molar-refractivity contribution in [1.82, 2.24) is 5.32 Å². The predicted octanol–water partition coefficient (Wildman–Crippen LogP) is 4.04. The Balaban J connectivity index is 1.91. The maximum absolute atomic E-state index is 13.3. The van der Waals surface area contributed by atoms with Crippen LogP contribution in [0.4, 0.5) is 0 Å². The molecule has 0 bridgehead atoms. The number of carbonyl (C=O) groups excluding carboxylic acids is 2. The zero-order chi connectivity index (χ0) is 20.6. The second-order valence-electron chi connectivity index (χ2n) is 8.54. The Kier molecular flexibility index (Phi) is 4.82. The highest BCUT2D eigenvalue weighted by Crippen LogP contribution is 2.46. The molecule has 2 N–H and O–H groups in total. The molecular formula is C24H24N2O3. The molecular weight excluding hydrogens is 364 g/mol. The summed E-state index contributed by atoms with van der Waals surface area (Å²) in [5.41, 5.74) is 2.92. The summed E-state index contributed by atoms with van der Waals surface area (Å²) in [6.45, 7) is 4.07. The molecule has 5 heteroatoms. The van der Waals surface area contributed by atoms with E-state index in [2.05, 4.69) is 10.5 Å². The number of allylic oxidation sites excluding steroid dienone is 2. The lowest BCUT2D eigenvalue weighted by molar-refractivity contribution is -0.124. The first kappa shape index (κ1) is 19.1. The summed E-state index contributed by atoms with van der Waals surface area (Å²) < 4.78 is 0. The molecule has 29 heavy (non-hydrogen) atoms. The van der Waals surface area contributed by atoms with Gasteiger partial charge in [0.15, 0.2) is 5.78 Å². The van der Waals surface area contributed by atoms with Gasteiger partial charge in [-0.2, -0.15) is 0 Å². The van der Waals surface area contributed by atoms with Crippen LogP contribution in [-0.4, -0.2) is 22.6 Å². The lowest BCUT2D eigenvalue weighted by Crippen LogP contribution is -2.48. The van der Waals surface area contributed by atoms with Gasteiger partial charge in [-0.25, -0.2) is 0 Å². The average Bonchev–Trinajstić information content (AvgIpc) is 2.69. The van der Waals surface area contributed by atoms with E-state index in [-0.39, 0.29) is 22.8 Å². The molecule has 2 aromatic rings. The number of hydrogen-bond acceptors (Lipinski definition) is 4. The topological polar surface area (TPSA) is 78.8 Å². The van der Waals surface area contributed by atoms with E-state index in [1.807, 2.05) is 62.4 Å². The molecule has 1 amide bonds. The van der Waals surface area contributed by atoms with E-state index < -0.39 is 11.8 Å². The van der Waals surface area contributed by atoms with Crippen molar-refractivity contribution in [3.05, 3.63) is 83.1 Å². The summed E-state index contributed by atoms with van der Waals surface area (Å²) >= 11 is 0. The van der Waals surface area contributed by atoms with Gasteiger partial charge in [-0.15, -0.1) is 0 Å².